The summed E-state index contributed by atoms with van der Waals surface area (Å²) in [6.07, 6.45) is -4.65. The van der Waals surface area contributed by atoms with E-state index in [-0.39, 0.29) is 5.56 Å². The van der Waals surface area contributed by atoms with E-state index < -0.39 is 38.6 Å². The van der Waals surface area contributed by atoms with Crippen LogP contribution in [0, 0.1) is 6.92 Å². The number of hydrogen-bond acceptors (Lipinski definition) is 3. The summed E-state index contributed by atoms with van der Waals surface area (Å²) in [6.45, 7) is 2.56. The number of likely N-dealkylation sites (N-methyl/N-ethyl adjacent to an activating group) is 1. The van der Waals surface area contributed by atoms with Gasteiger partial charge in [-0.25, -0.2) is 8.42 Å². The predicted molar refractivity (Wildman–Crippen MR) is 74.7 cm³/mol. The summed E-state index contributed by atoms with van der Waals surface area (Å²) in [4.78, 5) is 12.3. The van der Waals surface area contributed by atoms with Gasteiger partial charge in [-0.05, 0) is 31.5 Å². The maximum Gasteiger partial charge on any atom is 0.416 e. The summed E-state index contributed by atoms with van der Waals surface area (Å²) in [5, 5.41) is 0. The number of hydrogen-bond donors (Lipinski definition) is 1. The maximum absolute atomic E-state index is 12.8. The van der Waals surface area contributed by atoms with Crippen LogP contribution in [0.5, 0.6) is 0 Å². The normalized spacial score (nSPS) is 13.8. The summed E-state index contributed by atoms with van der Waals surface area (Å²) in [5.41, 5.74) is -1.11. The Morgan fingerprint density at radius 2 is 1.82 bits per heavy atom. The van der Waals surface area contributed by atoms with Crippen molar-refractivity contribution in [3.8, 4) is 0 Å². The van der Waals surface area contributed by atoms with Crippen molar-refractivity contribution in [2.24, 2.45) is 0 Å². The van der Waals surface area contributed by atoms with Gasteiger partial charge in [0.15, 0.2) is 0 Å². The van der Waals surface area contributed by atoms with Gasteiger partial charge in [0, 0.05) is 14.1 Å². The highest BCUT2D eigenvalue weighted by atomic mass is 32.2. The number of sulfonamides is 1. The third-order valence-corrected chi connectivity index (χ3v) is 4.51. The summed E-state index contributed by atoms with van der Waals surface area (Å²) in [7, 11) is -1.34. The molecule has 0 bridgehead atoms. The Kier molecular flexibility index (Phi) is 5.24. The standard InChI is InChI=1S/C13H17F3N2O3S/c1-8-5-6-10(7-11(8)13(14,15)16)22(20,21)17-9(2)12(19)18(3)4/h5-7,9,17H,1-4H3. The molecule has 0 aliphatic carbocycles. The van der Waals surface area contributed by atoms with Crippen molar-refractivity contribution in [1.29, 1.82) is 0 Å². The van der Waals surface area contributed by atoms with E-state index in [2.05, 4.69) is 4.72 Å². The molecule has 0 saturated heterocycles. The highest BCUT2D eigenvalue weighted by molar-refractivity contribution is 7.89. The molecule has 1 atom stereocenters. The topological polar surface area (TPSA) is 66.5 Å². The van der Waals surface area contributed by atoms with Gasteiger partial charge in [-0.2, -0.15) is 17.9 Å². The zero-order valence-electron chi connectivity index (χ0n) is 12.5. The largest absolute Gasteiger partial charge is 0.416 e. The lowest BCUT2D eigenvalue weighted by atomic mass is 10.1. The summed E-state index contributed by atoms with van der Waals surface area (Å²) in [5.74, 6) is -0.508. The van der Waals surface area contributed by atoms with Crippen LogP contribution in [0.25, 0.3) is 0 Å². The minimum atomic E-state index is -4.65. The second kappa shape index (κ2) is 6.25. The van der Waals surface area contributed by atoms with Crippen molar-refractivity contribution in [3.63, 3.8) is 0 Å². The molecule has 22 heavy (non-hydrogen) atoms. The van der Waals surface area contributed by atoms with E-state index in [0.29, 0.717) is 6.07 Å². The van der Waals surface area contributed by atoms with Crippen molar-refractivity contribution < 1.29 is 26.4 Å². The average Bonchev–Trinajstić information content (AvgIpc) is 2.35. The lowest BCUT2D eigenvalue weighted by Crippen LogP contribution is -2.44. The quantitative estimate of drug-likeness (QED) is 0.910. The van der Waals surface area contributed by atoms with Crippen molar-refractivity contribution in [1.82, 2.24) is 9.62 Å². The monoisotopic (exact) mass is 338 g/mol. The van der Waals surface area contributed by atoms with E-state index in [9.17, 15) is 26.4 Å². The van der Waals surface area contributed by atoms with Crippen molar-refractivity contribution in [3.05, 3.63) is 29.3 Å². The highest BCUT2D eigenvalue weighted by Gasteiger charge is 2.34. The van der Waals surface area contributed by atoms with Gasteiger partial charge in [0.25, 0.3) is 0 Å². The van der Waals surface area contributed by atoms with E-state index in [1.165, 1.54) is 32.8 Å². The molecule has 0 radical (unpaired) electrons. The third-order valence-electron chi connectivity index (χ3n) is 2.97. The van der Waals surface area contributed by atoms with Crippen molar-refractivity contribution in [2.45, 2.75) is 31.0 Å². The number of benzene rings is 1. The number of carbonyl (C=O) groups excluding carboxylic acids is 1. The first-order chi connectivity index (χ1) is 9.86. The zero-order chi connectivity index (χ0) is 17.3. The van der Waals surface area contributed by atoms with Crippen LogP contribution in [0.4, 0.5) is 13.2 Å². The maximum atomic E-state index is 12.8. The summed E-state index contributed by atoms with van der Waals surface area (Å²) < 4.78 is 64.8. The van der Waals surface area contributed by atoms with Crippen molar-refractivity contribution in [2.75, 3.05) is 14.1 Å². The van der Waals surface area contributed by atoms with Crippen LogP contribution in [-0.2, 0) is 21.0 Å². The first-order valence-electron chi connectivity index (χ1n) is 6.27. The molecule has 1 unspecified atom stereocenters. The van der Waals surface area contributed by atoms with Gasteiger partial charge < -0.3 is 4.90 Å². The Bertz CT molecular complexity index is 670. The van der Waals surface area contributed by atoms with Gasteiger partial charge in [-0.15, -0.1) is 0 Å². The van der Waals surface area contributed by atoms with E-state index in [1.54, 1.807) is 0 Å². The van der Waals surface area contributed by atoms with Gasteiger partial charge in [-0.1, -0.05) is 6.07 Å². The molecule has 9 heteroatoms. The molecule has 124 valence electrons. The minimum absolute atomic E-state index is 0.0798. The molecule has 1 aromatic carbocycles. The highest BCUT2D eigenvalue weighted by Crippen LogP contribution is 2.33. The fourth-order valence-electron chi connectivity index (χ4n) is 1.81. The van der Waals surface area contributed by atoms with E-state index in [1.807, 2.05) is 0 Å². The van der Waals surface area contributed by atoms with Crippen LogP contribution in [0.1, 0.15) is 18.1 Å². The zero-order valence-corrected chi connectivity index (χ0v) is 13.3. The van der Waals surface area contributed by atoms with Crippen LogP contribution >= 0.6 is 0 Å². The van der Waals surface area contributed by atoms with Gasteiger partial charge in [0.1, 0.15) is 0 Å². The van der Waals surface area contributed by atoms with Gasteiger partial charge in [0.05, 0.1) is 16.5 Å². The van der Waals surface area contributed by atoms with E-state index in [4.69, 9.17) is 0 Å². The molecule has 1 rings (SSSR count). The number of amides is 1. The smallest absolute Gasteiger partial charge is 0.347 e. The Morgan fingerprint density at radius 3 is 2.27 bits per heavy atom. The lowest BCUT2D eigenvalue weighted by molar-refractivity contribution is -0.138. The van der Waals surface area contributed by atoms with Crippen LogP contribution < -0.4 is 4.72 Å². The number of nitrogens with one attached hydrogen (secondary N) is 1. The predicted octanol–water partition coefficient (Wildman–Crippen LogP) is 1.77. The molecule has 1 amide bonds. The fourth-order valence-corrected chi connectivity index (χ4v) is 3.03. The fraction of sp³-hybridized carbons (Fsp3) is 0.462. The number of rotatable bonds is 4. The second-order valence-electron chi connectivity index (χ2n) is 5.05. The lowest BCUT2D eigenvalue weighted by Gasteiger charge is -2.18. The number of nitrogens with zero attached hydrogens (tertiary/aromatic N) is 1. The number of halogens is 3. The Balaban J connectivity index is 3.17. The minimum Gasteiger partial charge on any atom is -0.347 e. The number of carbonyl (C=O) groups is 1. The Labute approximate surface area is 127 Å². The molecule has 0 heterocycles. The molecular weight excluding hydrogens is 321 g/mol. The van der Waals surface area contributed by atoms with Crippen molar-refractivity contribution >= 4 is 15.9 Å². The van der Waals surface area contributed by atoms with Gasteiger partial charge >= 0.3 is 6.18 Å². The first-order valence-corrected chi connectivity index (χ1v) is 7.76. The molecule has 0 fully saturated rings. The number of aryl methyl sites for hydroxylation is 1. The second-order valence-corrected chi connectivity index (χ2v) is 6.76. The number of alkyl halides is 3. The first kappa shape index (κ1) is 18.4. The molecule has 0 aromatic heterocycles. The summed E-state index contributed by atoms with van der Waals surface area (Å²) in [6, 6.07) is 1.62. The molecule has 5 nitrogen and oxygen atoms in total. The SMILES string of the molecule is Cc1ccc(S(=O)(=O)NC(C)C(=O)N(C)C)cc1C(F)(F)F. The van der Waals surface area contributed by atoms with Gasteiger partial charge in [0.2, 0.25) is 15.9 Å². The molecule has 0 aliphatic heterocycles. The Hall–Kier alpha value is -1.61. The molecule has 0 spiro atoms. The third kappa shape index (κ3) is 4.20. The van der Waals surface area contributed by atoms with Crippen LogP contribution in [-0.4, -0.2) is 39.4 Å². The molecule has 0 aliphatic rings. The molecule has 1 N–H and O–H groups in total. The molecule has 0 saturated carbocycles. The van der Waals surface area contributed by atoms with E-state index in [0.717, 1.165) is 12.1 Å². The average molecular weight is 338 g/mol. The van der Waals surface area contributed by atoms with Gasteiger partial charge in [-0.3, -0.25) is 4.79 Å². The van der Waals surface area contributed by atoms with Crippen LogP contribution in [0.15, 0.2) is 23.1 Å². The van der Waals surface area contributed by atoms with Crippen LogP contribution in [0.2, 0.25) is 0 Å². The summed E-state index contributed by atoms with van der Waals surface area (Å²) >= 11 is 0. The molecular formula is C13H17F3N2O3S. The Morgan fingerprint density at radius 1 is 1.27 bits per heavy atom. The molecule has 1 aromatic rings. The van der Waals surface area contributed by atoms with Crippen LogP contribution in [0.3, 0.4) is 0 Å². The van der Waals surface area contributed by atoms with E-state index >= 15 is 0 Å².